The van der Waals surface area contributed by atoms with E-state index in [4.69, 9.17) is 12.2 Å². The number of amides is 1. The summed E-state index contributed by atoms with van der Waals surface area (Å²) >= 11 is 5.44. The van der Waals surface area contributed by atoms with Crippen LogP contribution in [0.4, 0.5) is 0 Å². The lowest BCUT2D eigenvalue weighted by atomic mass is 9.63. The molecule has 0 aromatic carbocycles. The molecule has 0 spiro atoms. The highest BCUT2D eigenvalue weighted by Crippen LogP contribution is 2.48. The number of hydrogen-bond donors (Lipinski definition) is 1. The number of nitrogens with one attached hydrogen (secondary N) is 1. The third kappa shape index (κ3) is 3.18. The normalized spacial score (nSPS) is 25.9. The van der Waals surface area contributed by atoms with E-state index in [1.807, 2.05) is 0 Å². The third-order valence-electron chi connectivity index (χ3n) is 6.28. The second-order valence-electron chi connectivity index (χ2n) is 8.81. The minimum atomic E-state index is -0.0722. The Bertz CT molecular complexity index is 699. The molecule has 1 amide bonds. The zero-order valence-corrected chi connectivity index (χ0v) is 16.3. The van der Waals surface area contributed by atoms with Crippen LogP contribution in [0.2, 0.25) is 0 Å². The molecule has 6 heteroatoms. The van der Waals surface area contributed by atoms with Crippen molar-refractivity contribution in [3.63, 3.8) is 0 Å². The van der Waals surface area contributed by atoms with Gasteiger partial charge >= 0.3 is 0 Å². The Balaban J connectivity index is 1.51. The van der Waals surface area contributed by atoms with Crippen LogP contribution < -0.4 is 0 Å². The SMILES string of the molecule is CC(C)CC1(C(=O)N2CCCC(c3n[nH]c(=S)n3C3CC3)C2)CCC1. The fraction of sp³-hybridized carbons (Fsp3) is 0.842. The molecule has 1 aromatic rings. The van der Waals surface area contributed by atoms with Gasteiger partial charge in [-0.2, -0.15) is 5.10 Å². The second-order valence-corrected chi connectivity index (χ2v) is 9.20. The van der Waals surface area contributed by atoms with Gasteiger partial charge in [0, 0.05) is 30.5 Å². The molecule has 2 aliphatic carbocycles. The summed E-state index contributed by atoms with van der Waals surface area (Å²) in [6.07, 6.45) is 8.97. The van der Waals surface area contributed by atoms with Crippen molar-refractivity contribution in [2.24, 2.45) is 11.3 Å². The molecule has 0 bridgehead atoms. The van der Waals surface area contributed by atoms with Gasteiger partial charge in [0.2, 0.25) is 5.91 Å². The first-order valence-corrected chi connectivity index (χ1v) is 10.4. The van der Waals surface area contributed by atoms with Gasteiger partial charge in [0.1, 0.15) is 5.82 Å². The minimum absolute atomic E-state index is 0.0722. The van der Waals surface area contributed by atoms with Crippen LogP contribution in [0.25, 0.3) is 0 Å². The lowest BCUT2D eigenvalue weighted by molar-refractivity contribution is -0.150. The van der Waals surface area contributed by atoms with E-state index in [1.54, 1.807) is 0 Å². The standard InChI is InChI=1S/C19H30N4OS/c1-13(2)11-19(8-4-9-19)17(24)22-10-3-5-14(12-22)16-20-21-18(25)23(16)15-6-7-15/h13-15H,3-12H2,1-2H3,(H,21,25). The van der Waals surface area contributed by atoms with Crippen LogP contribution >= 0.6 is 12.2 Å². The molecule has 3 fully saturated rings. The maximum atomic E-state index is 13.3. The van der Waals surface area contributed by atoms with Crippen molar-refractivity contribution in [3.05, 3.63) is 10.6 Å². The molecule has 5 nitrogen and oxygen atoms in total. The molecule has 138 valence electrons. The van der Waals surface area contributed by atoms with Gasteiger partial charge in [-0.3, -0.25) is 9.89 Å². The molecule has 1 unspecified atom stereocenters. The predicted molar refractivity (Wildman–Crippen MR) is 100.0 cm³/mol. The quantitative estimate of drug-likeness (QED) is 0.799. The first kappa shape index (κ1) is 17.3. The van der Waals surface area contributed by atoms with Crippen molar-refractivity contribution in [1.82, 2.24) is 19.7 Å². The molecule has 3 aliphatic rings. The number of carbonyl (C=O) groups excluding carboxylic acids is 1. The van der Waals surface area contributed by atoms with Crippen molar-refractivity contribution in [3.8, 4) is 0 Å². The molecule has 2 heterocycles. The van der Waals surface area contributed by atoms with Gasteiger partial charge in [0.25, 0.3) is 0 Å². The Labute approximate surface area is 155 Å². The molecular weight excluding hydrogens is 332 g/mol. The van der Waals surface area contributed by atoms with E-state index in [-0.39, 0.29) is 5.41 Å². The van der Waals surface area contributed by atoms with Crippen LogP contribution in [0.5, 0.6) is 0 Å². The summed E-state index contributed by atoms with van der Waals surface area (Å²) in [6, 6.07) is 0.534. The van der Waals surface area contributed by atoms with Crippen molar-refractivity contribution in [2.75, 3.05) is 13.1 Å². The Kier molecular flexibility index (Phi) is 4.50. The van der Waals surface area contributed by atoms with Gasteiger partial charge in [-0.1, -0.05) is 20.3 Å². The zero-order valence-electron chi connectivity index (χ0n) is 15.5. The Morgan fingerprint density at radius 3 is 2.68 bits per heavy atom. The van der Waals surface area contributed by atoms with Crippen molar-refractivity contribution in [1.29, 1.82) is 0 Å². The predicted octanol–water partition coefficient (Wildman–Crippen LogP) is 4.20. The molecule has 4 rings (SSSR count). The van der Waals surface area contributed by atoms with Crippen LogP contribution in [0.1, 0.15) is 83.0 Å². The Hall–Kier alpha value is -1.17. The number of rotatable bonds is 5. The van der Waals surface area contributed by atoms with Gasteiger partial charge < -0.3 is 9.47 Å². The van der Waals surface area contributed by atoms with E-state index in [2.05, 4.69) is 33.5 Å². The fourth-order valence-corrected chi connectivity index (χ4v) is 5.18. The van der Waals surface area contributed by atoms with E-state index in [1.165, 1.54) is 19.3 Å². The van der Waals surface area contributed by atoms with Crippen LogP contribution in [0.15, 0.2) is 0 Å². The highest BCUT2D eigenvalue weighted by atomic mass is 32.1. The first-order valence-electron chi connectivity index (χ1n) is 9.96. The summed E-state index contributed by atoms with van der Waals surface area (Å²) in [6.45, 7) is 6.19. The number of likely N-dealkylation sites (tertiary alicyclic amines) is 1. The highest BCUT2D eigenvalue weighted by Gasteiger charge is 2.47. The van der Waals surface area contributed by atoms with Crippen molar-refractivity contribution in [2.45, 2.75) is 77.2 Å². The lowest BCUT2D eigenvalue weighted by Crippen LogP contribution is -2.51. The number of aromatic nitrogens is 3. The molecule has 25 heavy (non-hydrogen) atoms. The number of aromatic amines is 1. The molecular formula is C19H30N4OS. The summed E-state index contributed by atoms with van der Waals surface area (Å²) in [5.74, 6) is 2.39. The van der Waals surface area contributed by atoms with Crippen LogP contribution in [-0.2, 0) is 4.79 Å². The molecule has 1 aliphatic heterocycles. The molecule has 1 aromatic heterocycles. The molecule has 1 saturated heterocycles. The first-order chi connectivity index (χ1) is 12.0. The molecule has 1 atom stereocenters. The van der Waals surface area contributed by atoms with E-state index in [9.17, 15) is 4.79 Å². The fourth-order valence-electron chi connectivity index (χ4n) is 4.89. The molecule has 1 N–H and O–H groups in total. The smallest absolute Gasteiger partial charge is 0.228 e. The number of carbonyl (C=O) groups is 1. The monoisotopic (exact) mass is 362 g/mol. The average molecular weight is 363 g/mol. The van der Waals surface area contributed by atoms with Crippen molar-refractivity contribution >= 4 is 18.1 Å². The minimum Gasteiger partial charge on any atom is -0.341 e. The Morgan fingerprint density at radius 2 is 2.08 bits per heavy atom. The molecule has 2 saturated carbocycles. The van der Waals surface area contributed by atoms with Gasteiger partial charge in [-0.05, 0) is 63.1 Å². The maximum Gasteiger partial charge on any atom is 0.228 e. The van der Waals surface area contributed by atoms with E-state index in [0.29, 0.717) is 23.8 Å². The molecule has 0 radical (unpaired) electrons. The topological polar surface area (TPSA) is 53.9 Å². The number of piperidine rings is 1. The number of H-pyrrole nitrogens is 1. The van der Waals surface area contributed by atoms with Crippen LogP contribution in [-0.4, -0.2) is 38.7 Å². The van der Waals surface area contributed by atoms with E-state index < -0.39 is 0 Å². The van der Waals surface area contributed by atoms with E-state index in [0.717, 1.165) is 55.8 Å². The van der Waals surface area contributed by atoms with Gasteiger partial charge in [-0.15, -0.1) is 0 Å². The average Bonchev–Trinajstić information content (AvgIpc) is 3.32. The third-order valence-corrected chi connectivity index (χ3v) is 6.57. The van der Waals surface area contributed by atoms with Crippen molar-refractivity contribution < 1.29 is 4.79 Å². The maximum absolute atomic E-state index is 13.3. The summed E-state index contributed by atoms with van der Waals surface area (Å²) in [7, 11) is 0. The summed E-state index contributed by atoms with van der Waals surface area (Å²) in [5, 5.41) is 7.54. The largest absolute Gasteiger partial charge is 0.341 e. The van der Waals surface area contributed by atoms with E-state index >= 15 is 0 Å². The number of hydrogen-bond acceptors (Lipinski definition) is 3. The Morgan fingerprint density at radius 1 is 1.32 bits per heavy atom. The van der Waals surface area contributed by atoms with Gasteiger partial charge in [0.15, 0.2) is 4.77 Å². The number of nitrogens with zero attached hydrogens (tertiary/aromatic N) is 3. The summed E-state index contributed by atoms with van der Waals surface area (Å²) in [5.41, 5.74) is -0.0722. The second kappa shape index (κ2) is 6.53. The van der Waals surface area contributed by atoms with Crippen LogP contribution in [0.3, 0.4) is 0 Å². The summed E-state index contributed by atoms with van der Waals surface area (Å²) < 4.78 is 2.97. The highest BCUT2D eigenvalue weighted by molar-refractivity contribution is 7.71. The van der Waals surface area contributed by atoms with Gasteiger partial charge in [0.05, 0.1) is 0 Å². The summed E-state index contributed by atoms with van der Waals surface area (Å²) in [4.78, 5) is 15.5. The lowest BCUT2D eigenvalue weighted by Gasteiger charge is -2.46. The zero-order chi connectivity index (χ0) is 17.6. The van der Waals surface area contributed by atoms with Gasteiger partial charge in [-0.25, -0.2) is 0 Å². The van der Waals surface area contributed by atoms with Crippen LogP contribution in [0, 0.1) is 16.1 Å².